The summed E-state index contributed by atoms with van der Waals surface area (Å²) in [5, 5.41) is 3.52. The summed E-state index contributed by atoms with van der Waals surface area (Å²) in [6.45, 7) is 8.30. The predicted molar refractivity (Wildman–Crippen MR) is 129 cm³/mol. The number of aromatic nitrogens is 1. The number of carbonyl (C=O) groups is 1. The van der Waals surface area contributed by atoms with E-state index in [1.54, 1.807) is 6.92 Å². The van der Waals surface area contributed by atoms with Crippen molar-refractivity contribution < 1.29 is 21.2 Å². The summed E-state index contributed by atoms with van der Waals surface area (Å²) in [7, 11) is 1.51. The Hall–Kier alpha value is -2.73. The standard InChI is InChI=1S/C24H26F2N2O2.C2H6.2H2/c1-13-4-6-16(7-5-13)22-21(19-10-18(25)11-20(26)23(19)28-22)17-8-15(9-17)12-27-24(29)14(2)30-3;1-2;;/h4-7,10-11,14-15,17,28H,8-9,12H2,1-3H3,(H,27,29);1-2H3;2*1H/t14-,15?,17?;;;/m1.../s1. The Kier molecular flexibility index (Phi) is 7.67. The number of aryl methyl sites for hydroxylation is 1. The first-order chi connectivity index (χ1) is 15.4. The van der Waals surface area contributed by atoms with Gasteiger partial charge < -0.3 is 15.0 Å². The first-order valence-corrected chi connectivity index (χ1v) is 11.3. The molecule has 0 spiro atoms. The van der Waals surface area contributed by atoms with Gasteiger partial charge in [0.15, 0.2) is 0 Å². The lowest BCUT2D eigenvalue weighted by Gasteiger charge is -2.36. The zero-order chi connectivity index (χ0) is 23.4. The van der Waals surface area contributed by atoms with Crippen molar-refractivity contribution in [2.75, 3.05) is 13.7 Å². The van der Waals surface area contributed by atoms with Crippen LogP contribution in [-0.2, 0) is 9.53 Å². The van der Waals surface area contributed by atoms with Crippen molar-refractivity contribution in [2.24, 2.45) is 5.92 Å². The molecule has 0 unspecified atom stereocenters. The van der Waals surface area contributed by atoms with Gasteiger partial charge in [0, 0.05) is 28.0 Å². The number of benzene rings is 2. The number of hydrogen-bond donors (Lipinski definition) is 2. The molecule has 6 heteroatoms. The van der Waals surface area contributed by atoms with E-state index in [0.29, 0.717) is 23.4 Å². The highest BCUT2D eigenvalue weighted by Crippen LogP contribution is 2.48. The number of halogens is 2. The van der Waals surface area contributed by atoms with Gasteiger partial charge in [-0.05, 0) is 55.7 Å². The zero-order valence-corrected chi connectivity index (χ0v) is 19.4. The van der Waals surface area contributed by atoms with Crippen LogP contribution in [0.25, 0.3) is 22.2 Å². The van der Waals surface area contributed by atoms with Crippen LogP contribution in [0.2, 0.25) is 0 Å². The Morgan fingerprint density at radius 3 is 2.50 bits per heavy atom. The summed E-state index contributed by atoms with van der Waals surface area (Å²) < 4.78 is 33.5. The maximum Gasteiger partial charge on any atom is 0.248 e. The molecule has 3 aromatic rings. The molecule has 2 aromatic carbocycles. The number of nitrogens with one attached hydrogen (secondary N) is 2. The van der Waals surface area contributed by atoms with Gasteiger partial charge in [0.05, 0.1) is 11.2 Å². The van der Waals surface area contributed by atoms with Gasteiger partial charge in [0.2, 0.25) is 5.91 Å². The summed E-state index contributed by atoms with van der Waals surface area (Å²) in [4.78, 5) is 15.1. The fourth-order valence-electron chi connectivity index (χ4n) is 4.25. The van der Waals surface area contributed by atoms with Crippen molar-refractivity contribution in [1.82, 2.24) is 10.3 Å². The van der Waals surface area contributed by atoms with Crippen LogP contribution in [0.5, 0.6) is 0 Å². The molecule has 0 saturated heterocycles. The molecule has 4 nitrogen and oxygen atoms in total. The van der Waals surface area contributed by atoms with Gasteiger partial charge in [0.25, 0.3) is 0 Å². The number of methoxy groups -OCH3 is 1. The van der Waals surface area contributed by atoms with Crippen LogP contribution < -0.4 is 5.32 Å². The minimum Gasteiger partial charge on any atom is -0.372 e. The predicted octanol–water partition coefficient (Wildman–Crippen LogP) is 6.58. The minimum atomic E-state index is -0.582. The van der Waals surface area contributed by atoms with Gasteiger partial charge in [-0.3, -0.25) is 4.79 Å². The van der Waals surface area contributed by atoms with E-state index in [4.69, 9.17) is 4.74 Å². The number of fused-ring (bicyclic) bond motifs is 1. The summed E-state index contributed by atoms with van der Waals surface area (Å²) in [5.74, 6) is -0.776. The lowest BCUT2D eigenvalue weighted by atomic mass is 9.70. The third-order valence-electron chi connectivity index (χ3n) is 6.14. The normalized spacial score (nSPS) is 18.5. The van der Waals surface area contributed by atoms with Gasteiger partial charge in [-0.25, -0.2) is 8.78 Å². The molecule has 1 fully saturated rings. The average molecular weight is 447 g/mol. The monoisotopic (exact) mass is 446 g/mol. The molecule has 1 amide bonds. The molecular weight excluding hydrogens is 410 g/mol. The van der Waals surface area contributed by atoms with Crippen LogP contribution >= 0.6 is 0 Å². The highest BCUT2D eigenvalue weighted by atomic mass is 19.1. The molecule has 4 rings (SSSR count). The van der Waals surface area contributed by atoms with E-state index in [1.165, 1.54) is 13.2 Å². The van der Waals surface area contributed by atoms with Crippen LogP contribution in [0.1, 0.15) is 53.5 Å². The van der Waals surface area contributed by atoms with Crippen LogP contribution in [0.15, 0.2) is 36.4 Å². The molecule has 2 N–H and O–H groups in total. The fraction of sp³-hybridized carbons (Fsp3) is 0.423. The Morgan fingerprint density at radius 2 is 1.88 bits per heavy atom. The van der Waals surface area contributed by atoms with Crippen molar-refractivity contribution in [3.05, 3.63) is 59.2 Å². The number of hydrogen-bond acceptors (Lipinski definition) is 2. The molecule has 1 heterocycles. The molecule has 176 valence electrons. The largest absolute Gasteiger partial charge is 0.372 e. The zero-order valence-electron chi connectivity index (χ0n) is 19.4. The Labute approximate surface area is 191 Å². The van der Waals surface area contributed by atoms with Crippen LogP contribution in [-0.4, -0.2) is 30.6 Å². The first kappa shape index (κ1) is 23.9. The fourth-order valence-corrected chi connectivity index (χ4v) is 4.25. The highest BCUT2D eigenvalue weighted by molar-refractivity contribution is 5.92. The van der Waals surface area contributed by atoms with Gasteiger partial charge in [-0.2, -0.15) is 0 Å². The lowest BCUT2D eigenvalue weighted by molar-refractivity contribution is -0.130. The second-order valence-corrected chi connectivity index (χ2v) is 8.25. The number of H-pyrrole nitrogens is 1. The van der Waals surface area contributed by atoms with Gasteiger partial charge in [-0.1, -0.05) is 43.7 Å². The molecule has 0 aliphatic heterocycles. The molecule has 0 bridgehead atoms. The lowest BCUT2D eigenvalue weighted by Crippen LogP contribution is -2.40. The maximum atomic E-state index is 14.5. The quantitative estimate of drug-likeness (QED) is 0.449. The molecule has 1 aliphatic carbocycles. The van der Waals surface area contributed by atoms with Gasteiger partial charge >= 0.3 is 0 Å². The van der Waals surface area contributed by atoms with E-state index in [1.807, 2.05) is 45.0 Å². The van der Waals surface area contributed by atoms with E-state index in [2.05, 4.69) is 10.3 Å². The second kappa shape index (κ2) is 10.3. The molecule has 0 radical (unpaired) electrons. The van der Waals surface area contributed by atoms with Crippen LogP contribution in [0.3, 0.4) is 0 Å². The summed E-state index contributed by atoms with van der Waals surface area (Å²) >= 11 is 0. The first-order valence-electron chi connectivity index (χ1n) is 11.3. The van der Waals surface area contributed by atoms with E-state index >= 15 is 0 Å². The van der Waals surface area contributed by atoms with E-state index in [9.17, 15) is 13.6 Å². The van der Waals surface area contributed by atoms with E-state index < -0.39 is 17.7 Å². The van der Waals surface area contributed by atoms with Crippen molar-refractivity contribution in [2.45, 2.75) is 52.6 Å². The maximum absolute atomic E-state index is 14.5. The highest BCUT2D eigenvalue weighted by Gasteiger charge is 2.35. The number of amides is 1. The number of aromatic amines is 1. The second-order valence-electron chi connectivity index (χ2n) is 8.25. The van der Waals surface area contributed by atoms with Gasteiger partial charge in [0.1, 0.15) is 17.7 Å². The van der Waals surface area contributed by atoms with Crippen molar-refractivity contribution in [1.29, 1.82) is 0 Å². The molecular formula is C26H36F2N2O2. The van der Waals surface area contributed by atoms with Crippen LogP contribution in [0, 0.1) is 24.5 Å². The summed E-state index contributed by atoms with van der Waals surface area (Å²) in [6, 6.07) is 10.4. The molecule has 1 aromatic heterocycles. The topological polar surface area (TPSA) is 54.1 Å². The minimum absolute atomic E-state index is 0. The Balaban J connectivity index is 0.00000141. The number of ether oxygens (including phenoxy) is 1. The molecule has 1 aliphatic rings. The molecule has 32 heavy (non-hydrogen) atoms. The summed E-state index contributed by atoms with van der Waals surface area (Å²) in [5.41, 5.74) is 4.23. The third-order valence-corrected chi connectivity index (χ3v) is 6.14. The smallest absolute Gasteiger partial charge is 0.248 e. The average Bonchev–Trinajstić information content (AvgIpc) is 3.13. The number of rotatable bonds is 6. The third kappa shape index (κ3) is 4.85. The Bertz CT molecular complexity index is 1080. The molecule has 1 saturated carbocycles. The number of carbonyl (C=O) groups excluding carboxylic acids is 1. The SMILES string of the molecule is CC.CO[C@H](C)C(=O)NCC1CC(c2c(-c3ccc(C)cc3)[nH]c3c(F)cc(F)cc23)C1.[HH].[HH]. The van der Waals surface area contributed by atoms with Crippen LogP contribution in [0.4, 0.5) is 8.78 Å². The van der Waals surface area contributed by atoms with Crippen molar-refractivity contribution >= 4 is 16.8 Å². The summed E-state index contributed by atoms with van der Waals surface area (Å²) in [6.07, 6.45) is 1.23. The van der Waals surface area contributed by atoms with Crippen molar-refractivity contribution in [3.8, 4) is 11.3 Å². The Morgan fingerprint density at radius 1 is 1.22 bits per heavy atom. The van der Waals surface area contributed by atoms with Gasteiger partial charge in [-0.15, -0.1) is 0 Å². The molecule has 1 atom stereocenters. The van der Waals surface area contributed by atoms with E-state index in [0.717, 1.165) is 41.3 Å². The van der Waals surface area contributed by atoms with Crippen molar-refractivity contribution in [3.63, 3.8) is 0 Å². The van der Waals surface area contributed by atoms with E-state index in [-0.39, 0.29) is 14.7 Å².